The van der Waals surface area contributed by atoms with E-state index < -0.39 is 0 Å². The lowest BCUT2D eigenvalue weighted by molar-refractivity contribution is 0.102. The number of hydrogen-bond acceptors (Lipinski definition) is 4. The van der Waals surface area contributed by atoms with Crippen LogP contribution in [-0.4, -0.2) is 34.0 Å². The smallest absolute Gasteiger partial charge is 0.277 e. The fraction of sp³-hybridized carbons (Fsp3) is 0.357. The predicted molar refractivity (Wildman–Crippen MR) is 79.0 cm³/mol. The Morgan fingerprint density at radius 1 is 1.25 bits per heavy atom. The summed E-state index contributed by atoms with van der Waals surface area (Å²) in [5.41, 5.74) is 2.20. The van der Waals surface area contributed by atoms with Crippen LogP contribution >= 0.6 is 0 Å². The van der Waals surface area contributed by atoms with Crippen LogP contribution in [0.3, 0.4) is 0 Å². The molecule has 1 N–H and O–H groups in total. The van der Waals surface area contributed by atoms with Crippen molar-refractivity contribution in [3.63, 3.8) is 0 Å². The van der Waals surface area contributed by atoms with Gasteiger partial charge in [0.2, 0.25) is 0 Å². The molecule has 6 nitrogen and oxygen atoms in total. The van der Waals surface area contributed by atoms with Crippen LogP contribution in [0.25, 0.3) is 0 Å². The van der Waals surface area contributed by atoms with Crippen molar-refractivity contribution in [1.29, 1.82) is 0 Å². The van der Waals surface area contributed by atoms with Crippen LogP contribution < -0.4 is 10.2 Å². The van der Waals surface area contributed by atoms with E-state index in [9.17, 15) is 4.79 Å². The highest BCUT2D eigenvalue weighted by Crippen LogP contribution is 2.18. The molecule has 0 spiro atoms. The summed E-state index contributed by atoms with van der Waals surface area (Å²) in [7, 11) is 1.72. The molecular weight excluding hydrogens is 254 g/mol. The molecule has 0 atom stereocenters. The highest BCUT2D eigenvalue weighted by Gasteiger charge is 2.10. The van der Waals surface area contributed by atoms with Gasteiger partial charge in [-0.1, -0.05) is 5.21 Å². The van der Waals surface area contributed by atoms with Gasteiger partial charge in [-0.3, -0.25) is 9.48 Å². The van der Waals surface area contributed by atoms with E-state index >= 15 is 0 Å². The van der Waals surface area contributed by atoms with Gasteiger partial charge in [0.1, 0.15) is 0 Å². The molecule has 2 aromatic rings. The summed E-state index contributed by atoms with van der Waals surface area (Å²) in [6.45, 7) is 6.16. The maximum atomic E-state index is 11.9. The Kier molecular flexibility index (Phi) is 4.34. The number of aromatic nitrogens is 3. The molecule has 6 heteroatoms. The summed E-state index contributed by atoms with van der Waals surface area (Å²) >= 11 is 0. The van der Waals surface area contributed by atoms with Crippen molar-refractivity contribution >= 4 is 17.3 Å². The van der Waals surface area contributed by atoms with E-state index in [1.807, 2.05) is 24.3 Å². The van der Waals surface area contributed by atoms with Crippen LogP contribution in [0.2, 0.25) is 0 Å². The van der Waals surface area contributed by atoms with Crippen molar-refractivity contribution in [2.75, 3.05) is 23.3 Å². The number of hydrogen-bond donors (Lipinski definition) is 1. The Morgan fingerprint density at radius 3 is 2.40 bits per heavy atom. The Balaban J connectivity index is 2.05. The van der Waals surface area contributed by atoms with E-state index in [4.69, 9.17) is 0 Å². The molecule has 0 aliphatic heterocycles. The average Bonchev–Trinajstić information content (AvgIpc) is 2.89. The zero-order valence-electron chi connectivity index (χ0n) is 12.0. The maximum absolute atomic E-state index is 11.9. The number of amides is 1. The first-order valence-electron chi connectivity index (χ1n) is 6.66. The van der Waals surface area contributed by atoms with Gasteiger partial charge in [-0.2, -0.15) is 0 Å². The summed E-state index contributed by atoms with van der Waals surface area (Å²) in [5, 5.41) is 10.3. The lowest BCUT2D eigenvalue weighted by Crippen LogP contribution is -2.21. The average molecular weight is 273 g/mol. The van der Waals surface area contributed by atoms with E-state index in [1.165, 1.54) is 4.68 Å². The minimum Gasteiger partial charge on any atom is -0.372 e. The molecule has 106 valence electrons. The fourth-order valence-corrected chi connectivity index (χ4v) is 1.99. The Hall–Kier alpha value is -2.37. The standard InChI is InChI=1S/C14H19N5O/c1-4-19(5-2)12-8-6-11(7-9-12)15-14(20)13-10-18(3)17-16-13/h6-10H,4-5H2,1-3H3,(H,15,20). The van der Waals surface area contributed by atoms with Gasteiger partial charge in [-0.15, -0.1) is 5.10 Å². The van der Waals surface area contributed by atoms with Gasteiger partial charge in [0.05, 0.1) is 6.20 Å². The second kappa shape index (κ2) is 6.18. The maximum Gasteiger partial charge on any atom is 0.277 e. The lowest BCUT2D eigenvalue weighted by atomic mass is 10.2. The highest BCUT2D eigenvalue weighted by molar-refractivity contribution is 6.02. The molecule has 1 aromatic heterocycles. The minimum absolute atomic E-state index is 0.256. The van der Waals surface area contributed by atoms with Crippen LogP contribution in [0.5, 0.6) is 0 Å². The van der Waals surface area contributed by atoms with Crippen molar-refractivity contribution < 1.29 is 4.79 Å². The third-order valence-corrected chi connectivity index (χ3v) is 3.09. The third kappa shape index (κ3) is 3.14. The summed E-state index contributed by atoms with van der Waals surface area (Å²) in [6, 6.07) is 7.78. The molecule has 0 unspecified atom stereocenters. The first-order chi connectivity index (χ1) is 9.63. The number of carbonyl (C=O) groups is 1. The number of rotatable bonds is 5. The van der Waals surface area contributed by atoms with Crippen molar-refractivity contribution in [2.24, 2.45) is 7.05 Å². The van der Waals surface area contributed by atoms with Crippen LogP contribution in [0, 0.1) is 0 Å². The number of anilines is 2. The molecule has 0 saturated carbocycles. The number of nitrogens with one attached hydrogen (secondary N) is 1. The molecule has 0 fully saturated rings. The second-order valence-electron chi connectivity index (χ2n) is 4.45. The van der Waals surface area contributed by atoms with Gasteiger partial charge in [0.15, 0.2) is 5.69 Å². The molecule has 0 radical (unpaired) electrons. The van der Waals surface area contributed by atoms with Gasteiger partial charge in [-0.05, 0) is 38.1 Å². The molecule has 1 heterocycles. The van der Waals surface area contributed by atoms with E-state index in [2.05, 4.69) is 34.4 Å². The normalized spacial score (nSPS) is 10.3. The number of carbonyl (C=O) groups excluding carboxylic acids is 1. The van der Waals surface area contributed by atoms with Crippen molar-refractivity contribution in [1.82, 2.24) is 15.0 Å². The third-order valence-electron chi connectivity index (χ3n) is 3.09. The number of aryl methyl sites for hydroxylation is 1. The predicted octanol–water partition coefficient (Wildman–Crippen LogP) is 1.91. The molecule has 20 heavy (non-hydrogen) atoms. The van der Waals surface area contributed by atoms with E-state index in [0.29, 0.717) is 5.69 Å². The van der Waals surface area contributed by atoms with Crippen molar-refractivity contribution in [2.45, 2.75) is 13.8 Å². The lowest BCUT2D eigenvalue weighted by Gasteiger charge is -2.21. The van der Waals surface area contributed by atoms with Crippen molar-refractivity contribution in [3.05, 3.63) is 36.2 Å². The van der Waals surface area contributed by atoms with Crippen LogP contribution in [0.1, 0.15) is 24.3 Å². The van der Waals surface area contributed by atoms with Crippen LogP contribution in [0.4, 0.5) is 11.4 Å². The molecule has 1 amide bonds. The van der Waals surface area contributed by atoms with E-state index in [0.717, 1.165) is 24.5 Å². The van der Waals surface area contributed by atoms with Gasteiger partial charge < -0.3 is 10.2 Å². The molecule has 0 bridgehead atoms. The zero-order chi connectivity index (χ0) is 14.5. The quantitative estimate of drug-likeness (QED) is 0.904. The largest absolute Gasteiger partial charge is 0.372 e. The van der Waals surface area contributed by atoms with Gasteiger partial charge in [0, 0.05) is 31.5 Å². The van der Waals surface area contributed by atoms with Crippen LogP contribution in [-0.2, 0) is 7.05 Å². The first-order valence-corrected chi connectivity index (χ1v) is 6.66. The van der Waals surface area contributed by atoms with Gasteiger partial charge in [-0.25, -0.2) is 0 Å². The molecule has 2 rings (SSSR count). The van der Waals surface area contributed by atoms with Crippen molar-refractivity contribution in [3.8, 4) is 0 Å². The SMILES string of the molecule is CCN(CC)c1ccc(NC(=O)c2cn(C)nn2)cc1. The fourth-order valence-electron chi connectivity index (χ4n) is 1.99. The Labute approximate surface area is 118 Å². The van der Waals surface area contributed by atoms with E-state index in [-0.39, 0.29) is 5.91 Å². The molecule has 0 aliphatic rings. The minimum atomic E-state index is -0.256. The molecular formula is C14H19N5O. The Morgan fingerprint density at radius 2 is 1.90 bits per heavy atom. The zero-order valence-corrected chi connectivity index (χ0v) is 12.0. The number of nitrogens with zero attached hydrogens (tertiary/aromatic N) is 4. The topological polar surface area (TPSA) is 63.1 Å². The first kappa shape index (κ1) is 14.0. The van der Waals surface area contributed by atoms with Gasteiger partial charge >= 0.3 is 0 Å². The summed E-state index contributed by atoms with van der Waals surface area (Å²) in [6.07, 6.45) is 1.58. The molecule has 0 aliphatic carbocycles. The van der Waals surface area contributed by atoms with E-state index in [1.54, 1.807) is 13.2 Å². The second-order valence-corrected chi connectivity index (χ2v) is 4.45. The molecule has 1 aromatic carbocycles. The summed E-state index contributed by atoms with van der Waals surface area (Å²) in [5.74, 6) is -0.256. The number of benzene rings is 1. The van der Waals surface area contributed by atoms with Crippen LogP contribution in [0.15, 0.2) is 30.5 Å². The highest BCUT2D eigenvalue weighted by atomic mass is 16.2. The van der Waals surface area contributed by atoms with Gasteiger partial charge in [0.25, 0.3) is 5.91 Å². The Bertz CT molecular complexity index is 572. The summed E-state index contributed by atoms with van der Waals surface area (Å²) < 4.78 is 1.50. The summed E-state index contributed by atoms with van der Waals surface area (Å²) in [4.78, 5) is 14.2. The molecule has 0 saturated heterocycles. The monoisotopic (exact) mass is 273 g/mol.